The van der Waals surface area contributed by atoms with Gasteiger partial charge in [0, 0.05) is 45.9 Å². The largest absolute Gasteiger partial charge is 0.334 e. The first kappa shape index (κ1) is 17.0. The molecule has 2 heterocycles. The van der Waals surface area contributed by atoms with Crippen molar-refractivity contribution in [3.63, 3.8) is 0 Å². The fourth-order valence-electron chi connectivity index (χ4n) is 3.21. The smallest absolute Gasteiger partial charge is 0.255 e. The van der Waals surface area contributed by atoms with Gasteiger partial charge in [0.05, 0.1) is 11.6 Å². The summed E-state index contributed by atoms with van der Waals surface area (Å²) in [6, 6.07) is 12.5. The summed E-state index contributed by atoms with van der Waals surface area (Å²) < 4.78 is 1.40. The molecule has 2 amide bonds. The van der Waals surface area contributed by atoms with Gasteiger partial charge < -0.3 is 14.4 Å². The van der Waals surface area contributed by atoms with Crippen LogP contribution in [0.1, 0.15) is 28.9 Å². The fraction of sp³-hybridized carbons (Fsp3) is 0.316. The van der Waals surface area contributed by atoms with E-state index in [1.165, 1.54) is 10.6 Å². The lowest BCUT2D eigenvalue weighted by molar-refractivity contribution is -0.133. The molecule has 0 aliphatic carbocycles. The van der Waals surface area contributed by atoms with E-state index in [4.69, 9.17) is 0 Å². The number of hydrogen-bond donors (Lipinski definition) is 0. The SMILES string of the molecule is CC(=O)N1CCN(C(=O)c2ccc(=O)n(C)c2)C[C@H]1c1ccccc1. The number of benzene rings is 1. The Morgan fingerprint density at radius 3 is 2.40 bits per heavy atom. The highest BCUT2D eigenvalue weighted by molar-refractivity contribution is 5.94. The summed E-state index contributed by atoms with van der Waals surface area (Å²) in [6.07, 6.45) is 1.56. The van der Waals surface area contributed by atoms with Gasteiger partial charge in [-0.1, -0.05) is 30.3 Å². The van der Waals surface area contributed by atoms with E-state index < -0.39 is 0 Å². The zero-order valence-corrected chi connectivity index (χ0v) is 14.4. The van der Waals surface area contributed by atoms with E-state index >= 15 is 0 Å². The third-order valence-corrected chi connectivity index (χ3v) is 4.59. The van der Waals surface area contributed by atoms with Crippen molar-refractivity contribution in [3.8, 4) is 0 Å². The van der Waals surface area contributed by atoms with Crippen LogP contribution >= 0.6 is 0 Å². The molecule has 0 unspecified atom stereocenters. The summed E-state index contributed by atoms with van der Waals surface area (Å²) in [5.74, 6) is -0.122. The van der Waals surface area contributed by atoms with Gasteiger partial charge in [0.15, 0.2) is 0 Å². The van der Waals surface area contributed by atoms with Gasteiger partial charge in [0.1, 0.15) is 0 Å². The second kappa shape index (κ2) is 6.93. The molecule has 0 bridgehead atoms. The Kier molecular flexibility index (Phi) is 4.70. The molecule has 2 aromatic rings. The lowest BCUT2D eigenvalue weighted by Crippen LogP contribution is -2.51. The molecular weight excluding hydrogens is 318 g/mol. The van der Waals surface area contributed by atoms with Crippen LogP contribution in [0.15, 0.2) is 53.5 Å². The average molecular weight is 339 g/mol. The van der Waals surface area contributed by atoms with Crippen LogP contribution in [0.2, 0.25) is 0 Å². The number of piperazine rings is 1. The summed E-state index contributed by atoms with van der Waals surface area (Å²) in [5.41, 5.74) is 1.33. The van der Waals surface area contributed by atoms with Crippen LogP contribution in [0.5, 0.6) is 0 Å². The minimum Gasteiger partial charge on any atom is -0.334 e. The Morgan fingerprint density at radius 1 is 1.04 bits per heavy atom. The molecule has 1 aromatic heterocycles. The van der Waals surface area contributed by atoms with Crippen LogP contribution in [-0.4, -0.2) is 45.8 Å². The Labute approximate surface area is 146 Å². The van der Waals surface area contributed by atoms with Crippen LogP contribution < -0.4 is 5.56 Å². The predicted octanol–water partition coefficient (Wildman–Crippen LogP) is 1.43. The highest BCUT2D eigenvalue weighted by atomic mass is 16.2. The van der Waals surface area contributed by atoms with Crippen LogP contribution in [0.3, 0.4) is 0 Å². The minimum atomic E-state index is -0.163. The molecule has 3 rings (SSSR count). The first-order chi connectivity index (χ1) is 12.0. The summed E-state index contributed by atoms with van der Waals surface area (Å²) in [5, 5.41) is 0. The van der Waals surface area contributed by atoms with Crippen LogP contribution in [-0.2, 0) is 11.8 Å². The molecule has 6 nitrogen and oxygen atoms in total. The second-order valence-electron chi connectivity index (χ2n) is 6.26. The van der Waals surface area contributed by atoms with E-state index in [9.17, 15) is 14.4 Å². The molecule has 6 heteroatoms. The fourth-order valence-corrected chi connectivity index (χ4v) is 3.21. The van der Waals surface area contributed by atoms with Gasteiger partial charge >= 0.3 is 0 Å². The summed E-state index contributed by atoms with van der Waals surface area (Å²) in [6.45, 7) is 2.96. The summed E-state index contributed by atoms with van der Waals surface area (Å²) in [4.78, 5) is 39.9. The third-order valence-electron chi connectivity index (χ3n) is 4.59. The molecule has 1 saturated heterocycles. The van der Waals surface area contributed by atoms with E-state index in [1.54, 1.807) is 36.0 Å². The molecule has 25 heavy (non-hydrogen) atoms. The standard InChI is InChI=1S/C19H21N3O3/c1-14(23)22-11-10-21(13-17(22)15-6-4-3-5-7-15)19(25)16-8-9-18(24)20(2)12-16/h3-9,12,17H,10-11,13H2,1-2H3/t17-/m0/s1. The number of rotatable bonds is 2. The van der Waals surface area contributed by atoms with Crippen molar-refractivity contribution in [2.45, 2.75) is 13.0 Å². The number of hydrogen-bond acceptors (Lipinski definition) is 3. The topological polar surface area (TPSA) is 62.6 Å². The summed E-state index contributed by atoms with van der Waals surface area (Å²) >= 11 is 0. The lowest BCUT2D eigenvalue weighted by Gasteiger charge is -2.41. The number of carbonyl (C=O) groups is 2. The van der Waals surface area contributed by atoms with E-state index in [0.717, 1.165) is 5.56 Å². The quantitative estimate of drug-likeness (QED) is 0.831. The molecule has 1 aliphatic rings. The van der Waals surface area contributed by atoms with Crippen molar-refractivity contribution in [2.75, 3.05) is 19.6 Å². The van der Waals surface area contributed by atoms with Crippen molar-refractivity contribution >= 4 is 11.8 Å². The minimum absolute atomic E-state index is 0.00283. The molecule has 0 spiro atoms. The van der Waals surface area contributed by atoms with Crippen molar-refractivity contribution in [1.82, 2.24) is 14.4 Å². The number of amides is 2. The van der Waals surface area contributed by atoms with Crippen LogP contribution in [0.4, 0.5) is 0 Å². The van der Waals surface area contributed by atoms with Gasteiger partial charge in [-0.2, -0.15) is 0 Å². The Balaban J connectivity index is 1.86. The zero-order valence-electron chi connectivity index (χ0n) is 14.4. The lowest BCUT2D eigenvalue weighted by atomic mass is 10.0. The Morgan fingerprint density at radius 2 is 1.76 bits per heavy atom. The van der Waals surface area contributed by atoms with Crippen molar-refractivity contribution in [3.05, 3.63) is 70.1 Å². The molecule has 1 atom stereocenters. The van der Waals surface area contributed by atoms with E-state index in [0.29, 0.717) is 25.2 Å². The first-order valence-corrected chi connectivity index (χ1v) is 8.25. The second-order valence-corrected chi connectivity index (χ2v) is 6.26. The summed E-state index contributed by atoms with van der Waals surface area (Å²) in [7, 11) is 1.62. The maximum absolute atomic E-state index is 12.8. The maximum atomic E-state index is 12.8. The van der Waals surface area contributed by atoms with Gasteiger partial charge in [-0.05, 0) is 11.6 Å². The zero-order chi connectivity index (χ0) is 18.0. The molecule has 0 radical (unpaired) electrons. The van der Waals surface area contributed by atoms with Crippen LogP contribution in [0.25, 0.3) is 0 Å². The van der Waals surface area contributed by atoms with E-state index in [-0.39, 0.29) is 23.4 Å². The molecule has 1 aromatic carbocycles. The van der Waals surface area contributed by atoms with Gasteiger partial charge in [-0.15, -0.1) is 0 Å². The monoisotopic (exact) mass is 339 g/mol. The van der Waals surface area contributed by atoms with Gasteiger partial charge in [0.25, 0.3) is 5.91 Å². The predicted molar refractivity (Wildman–Crippen MR) is 94.2 cm³/mol. The number of nitrogens with zero attached hydrogens (tertiary/aromatic N) is 3. The first-order valence-electron chi connectivity index (χ1n) is 8.25. The molecule has 130 valence electrons. The van der Waals surface area contributed by atoms with E-state index in [2.05, 4.69) is 0 Å². The third kappa shape index (κ3) is 3.47. The maximum Gasteiger partial charge on any atom is 0.255 e. The molecular formula is C19H21N3O3. The number of pyridine rings is 1. The van der Waals surface area contributed by atoms with Crippen molar-refractivity contribution in [2.24, 2.45) is 7.05 Å². The number of aryl methyl sites for hydroxylation is 1. The van der Waals surface area contributed by atoms with Crippen molar-refractivity contribution < 1.29 is 9.59 Å². The molecule has 0 N–H and O–H groups in total. The average Bonchev–Trinajstić information content (AvgIpc) is 2.63. The molecule has 1 fully saturated rings. The van der Waals surface area contributed by atoms with Crippen LogP contribution in [0, 0.1) is 0 Å². The Bertz CT molecular complexity index is 844. The van der Waals surface area contributed by atoms with Gasteiger partial charge in [0.2, 0.25) is 11.5 Å². The van der Waals surface area contributed by atoms with Crippen molar-refractivity contribution in [1.29, 1.82) is 0 Å². The number of aromatic nitrogens is 1. The normalized spacial score (nSPS) is 17.4. The van der Waals surface area contributed by atoms with E-state index in [1.807, 2.05) is 30.3 Å². The van der Waals surface area contributed by atoms with Gasteiger partial charge in [-0.25, -0.2) is 0 Å². The molecule has 1 aliphatic heterocycles. The van der Waals surface area contributed by atoms with Gasteiger partial charge in [-0.3, -0.25) is 14.4 Å². The Hall–Kier alpha value is -2.89. The highest BCUT2D eigenvalue weighted by Crippen LogP contribution is 2.26. The highest BCUT2D eigenvalue weighted by Gasteiger charge is 2.32. The molecule has 0 saturated carbocycles. The number of carbonyl (C=O) groups excluding carboxylic acids is 2.